The van der Waals surface area contributed by atoms with Crippen molar-refractivity contribution in [2.45, 2.75) is 6.04 Å². The molecule has 0 saturated carbocycles. The molecule has 2 N–H and O–H groups in total. The van der Waals surface area contributed by atoms with E-state index in [4.69, 9.17) is 5.26 Å². The molecule has 1 atom stereocenters. The van der Waals surface area contributed by atoms with Gasteiger partial charge in [0.1, 0.15) is 0 Å². The van der Waals surface area contributed by atoms with Crippen molar-refractivity contribution in [3.05, 3.63) is 46.0 Å². The summed E-state index contributed by atoms with van der Waals surface area (Å²) in [5.41, 5.74) is 0.0418. The Morgan fingerprint density at radius 2 is 2.04 bits per heavy atom. The molecule has 23 heavy (non-hydrogen) atoms. The molecule has 0 aromatic heterocycles. The highest BCUT2D eigenvalue weighted by Crippen LogP contribution is 2.37. The molecule has 1 heterocycles. The van der Waals surface area contributed by atoms with Gasteiger partial charge in [0, 0.05) is 37.8 Å². The Morgan fingerprint density at radius 1 is 1.43 bits per heavy atom. The van der Waals surface area contributed by atoms with Crippen LogP contribution in [0.5, 0.6) is 5.75 Å². The molecule has 1 aromatic carbocycles. The Bertz CT molecular complexity index is 613. The van der Waals surface area contributed by atoms with Gasteiger partial charge in [-0.15, -0.1) is 31.4 Å². The van der Waals surface area contributed by atoms with E-state index < -0.39 is 16.4 Å². The van der Waals surface area contributed by atoms with Crippen molar-refractivity contribution >= 4 is 30.5 Å². The topological polar surface area (TPSA) is 102 Å². The second kappa shape index (κ2) is 9.33. The molecular weight excluding hydrogens is 343 g/mol. The molecule has 0 amide bonds. The Balaban J connectivity index is 0.00000242. The number of hydrogen-bond donors (Lipinski definition) is 2. The van der Waals surface area contributed by atoms with Crippen molar-refractivity contribution in [1.29, 1.82) is 5.26 Å². The van der Waals surface area contributed by atoms with Gasteiger partial charge in [0.05, 0.1) is 22.6 Å². The van der Waals surface area contributed by atoms with E-state index in [0.717, 1.165) is 32.2 Å². The first-order valence-electron chi connectivity index (χ1n) is 6.57. The molecule has 1 aliphatic heterocycles. The minimum Gasteiger partial charge on any atom is -0.502 e. The first-order valence-corrected chi connectivity index (χ1v) is 6.57. The van der Waals surface area contributed by atoms with Crippen LogP contribution in [0, 0.1) is 21.4 Å². The summed E-state index contributed by atoms with van der Waals surface area (Å²) < 4.78 is 0. The fourth-order valence-corrected chi connectivity index (χ4v) is 2.50. The van der Waals surface area contributed by atoms with E-state index >= 15 is 0 Å². The van der Waals surface area contributed by atoms with Gasteiger partial charge in [0.15, 0.2) is 5.75 Å². The van der Waals surface area contributed by atoms with E-state index in [2.05, 4.69) is 16.8 Å². The lowest BCUT2D eigenvalue weighted by molar-refractivity contribution is -0.386. The van der Waals surface area contributed by atoms with Crippen LogP contribution >= 0.6 is 24.8 Å². The number of nitriles is 1. The number of nitro groups is 1. The van der Waals surface area contributed by atoms with Crippen LogP contribution in [-0.4, -0.2) is 41.1 Å². The molecule has 0 radical (unpaired) electrons. The average Bonchev–Trinajstić information content (AvgIpc) is 2.50. The smallest absolute Gasteiger partial charge is 0.312 e. The highest BCUT2D eigenvalue weighted by Gasteiger charge is 2.27. The molecule has 0 aliphatic carbocycles. The first kappa shape index (κ1) is 21.1. The third-order valence-corrected chi connectivity index (χ3v) is 3.53. The van der Waals surface area contributed by atoms with Crippen LogP contribution in [-0.2, 0) is 0 Å². The van der Waals surface area contributed by atoms with E-state index in [1.807, 2.05) is 6.07 Å². The van der Waals surface area contributed by atoms with E-state index in [-0.39, 0.29) is 36.4 Å². The standard InChI is InChI=1S/C14H16N4O3.2ClH/c1-2-12(17-5-3-16-4-6-17)11-7-10(9-15)8-13(14(11)19)18(20)21;;/h2,7-8,12,16,19H,1,3-6H2;2*1H/t12-;;/m0../s1. The third kappa shape index (κ3) is 4.56. The minimum absolute atomic E-state index is 0. The fraction of sp³-hybridized carbons (Fsp3) is 0.357. The van der Waals surface area contributed by atoms with Crippen molar-refractivity contribution in [2.75, 3.05) is 26.2 Å². The Hall–Kier alpha value is -1.85. The number of halogens is 2. The lowest BCUT2D eigenvalue weighted by atomic mass is 9.99. The number of nitrogens with zero attached hydrogens (tertiary/aromatic N) is 3. The van der Waals surface area contributed by atoms with Gasteiger partial charge >= 0.3 is 5.69 Å². The maximum absolute atomic E-state index is 11.0. The lowest BCUT2D eigenvalue weighted by Gasteiger charge is -2.33. The van der Waals surface area contributed by atoms with Crippen LogP contribution in [0.4, 0.5) is 5.69 Å². The van der Waals surface area contributed by atoms with Crippen molar-refractivity contribution < 1.29 is 10.0 Å². The number of hydrogen-bond acceptors (Lipinski definition) is 6. The molecule has 7 nitrogen and oxygen atoms in total. The number of phenolic OH excluding ortho intramolecular Hbond substituents is 1. The van der Waals surface area contributed by atoms with E-state index in [0.29, 0.717) is 5.56 Å². The predicted octanol–water partition coefficient (Wildman–Crippen LogP) is 2.15. The number of piperazine rings is 1. The zero-order chi connectivity index (χ0) is 15.4. The van der Waals surface area contributed by atoms with Gasteiger partial charge in [-0.05, 0) is 6.07 Å². The summed E-state index contributed by atoms with van der Waals surface area (Å²) in [6.45, 7) is 6.82. The summed E-state index contributed by atoms with van der Waals surface area (Å²) in [5.74, 6) is -0.401. The monoisotopic (exact) mass is 360 g/mol. The number of rotatable bonds is 4. The average molecular weight is 361 g/mol. The van der Waals surface area contributed by atoms with Crippen molar-refractivity contribution in [3.8, 4) is 11.8 Å². The van der Waals surface area contributed by atoms with Crippen LogP contribution in [0.15, 0.2) is 24.8 Å². The van der Waals surface area contributed by atoms with Crippen LogP contribution in [0.3, 0.4) is 0 Å². The molecule has 9 heteroatoms. The summed E-state index contributed by atoms with van der Waals surface area (Å²) in [6, 6.07) is 4.09. The first-order chi connectivity index (χ1) is 10.1. The maximum atomic E-state index is 11.0. The third-order valence-electron chi connectivity index (χ3n) is 3.53. The Labute approximate surface area is 146 Å². The summed E-state index contributed by atoms with van der Waals surface area (Å²) in [7, 11) is 0. The molecule has 1 aromatic rings. The predicted molar refractivity (Wildman–Crippen MR) is 91.4 cm³/mol. The largest absolute Gasteiger partial charge is 0.502 e. The quantitative estimate of drug-likeness (QED) is 0.484. The summed E-state index contributed by atoms with van der Waals surface area (Å²) >= 11 is 0. The summed E-state index contributed by atoms with van der Waals surface area (Å²) in [4.78, 5) is 12.4. The van der Waals surface area contributed by atoms with Gasteiger partial charge in [0.2, 0.25) is 0 Å². The van der Waals surface area contributed by atoms with Gasteiger partial charge in [-0.1, -0.05) is 6.08 Å². The SMILES string of the molecule is C=C[C@@H](c1cc(C#N)cc([N+](=O)[O-])c1O)N1CCNCC1.Cl.Cl. The van der Waals surface area contributed by atoms with Crippen LogP contribution in [0.2, 0.25) is 0 Å². The van der Waals surface area contributed by atoms with Gasteiger partial charge in [-0.2, -0.15) is 5.26 Å². The number of benzene rings is 1. The Kier molecular flexibility index (Phi) is 8.58. The zero-order valence-corrected chi connectivity index (χ0v) is 13.9. The molecule has 2 rings (SSSR count). The molecule has 1 fully saturated rings. The highest BCUT2D eigenvalue weighted by atomic mass is 35.5. The second-order valence-corrected chi connectivity index (χ2v) is 4.77. The molecule has 0 unspecified atom stereocenters. The number of nitro benzene ring substituents is 1. The lowest BCUT2D eigenvalue weighted by Crippen LogP contribution is -2.44. The van der Waals surface area contributed by atoms with E-state index in [9.17, 15) is 15.2 Å². The molecule has 126 valence electrons. The highest BCUT2D eigenvalue weighted by molar-refractivity contribution is 5.85. The van der Waals surface area contributed by atoms with Gasteiger partial charge < -0.3 is 10.4 Å². The maximum Gasteiger partial charge on any atom is 0.312 e. The van der Waals surface area contributed by atoms with Gasteiger partial charge in [-0.25, -0.2) is 0 Å². The summed E-state index contributed by atoms with van der Waals surface area (Å²) in [5, 5.41) is 33.4. The van der Waals surface area contributed by atoms with E-state index in [1.165, 1.54) is 6.07 Å². The number of nitrogens with one attached hydrogen (secondary N) is 1. The van der Waals surface area contributed by atoms with Crippen molar-refractivity contribution in [1.82, 2.24) is 10.2 Å². The van der Waals surface area contributed by atoms with E-state index in [1.54, 1.807) is 6.08 Å². The number of phenols is 1. The molecule has 1 aliphatic rings. The molecule has 0 bridgehead atoms. The summed E-state index contributed by atoms with van der Waals surface area (Å²) in [6.07, 6.45) is 1.63. The normalized spacial score (nSPS) is 15.4. The van der Waals surface area contributed by atoms with Crippen LogP contribution < -0.4 is 5.32 Å². The zero-order valence-electron chi connectivity index (χ0n) is 12.3. The van der Waals surface area contributed by atoms with Crippen molar-refractivity contribution in [3.63, 3.8) is 0 Å². The van der Waals surface area contributed by atoms with Crippen LogP contribution in [0.1, 0.15) is 17.2 Å². The minimum atomic E-state index is -0.683. The second-order valence-electron chi connectivity index (χ2n) is 4.77. The fourth-order valence-electron chi connectivity index (χ4n) is 2.50. The number of aromatic hydroxyl groups is 1. The van der Waals surface area contributed by atoms with Gasteiger partial charge in [0.25, 0.3) is 0 Å². The Morgan fingerprint density at radius 3 is 2.52 bits per heavy atom. The molecule has 1 saturated heterocycles. The molecule has 0 spiro atoms. The molecular formula is C14H18Cl2N4O3. The van der Waals surface area contributed by atoms with Crippen LogP contribution in [0.25, 0.3) is 0 Å². The van der Waals surface area contributed by atoms with Crippen molar-refractivity contribution in [2.24, 2.45) is 0 Å². The van der Waals surface area contributed by atoms with Gasteiger partial charge in [-0.3, -0.25) is 15.0 Å².